The molecule has 0 unspecified atom stereocenters. The summed E-state index contributed by atoms with van der Waals surface area (Å²) >= 11 is 0. The molecule has 0 bridgehead atoms. The van der Waals surface area contributed by atoms with Crippen LogP contribution in [0, 0.1) is 13.8 Å². The maximum absolute atomic E-state index is 5.92. The second-order valence-electron chi connectivity index (χ2n) is 7.34. The number of nitrogens with two attached hydrogens (primary N) is 2. The second-order valence-corrected chi connectivity index (χ2v) is 7.34. The Morgan fingerprint density at radius 1 is 0.677 bits per heavy atom. The van der Waals surface area contributed by atoms with Crippen LogP contribution >= 0.6 is 0 Å². The molecule has 2 heterocycles. The molecular weight excluding hydrogens is 392 g/mol. The molecular formula is C24H26N4O3. The number of nitrogens with zero attached hydrogens (tertiary/aromatic N) is 2. The van der Waals surface area contributed by atoms with Gasteiger partial charge in [0.05, 0.1) is 24.2 Å². The highest BCUT2D eigenvalue weighted by Crippen LogP contribution is 2.29. The third-order valence-corrected chi connectivity index (χ3v) is 5.00. The first-order valence-electron chi connectivity index (χ1n) is 10.2. The van der Waals surface area contributed by atoms with E-state index in [0.717, 1.165) is 44.4 Å². The van der Waals surface area contributed by atoms with Crippen molar-refractivity contribution in [2.24, 2.45) is 0 Å². The number of nitrogen functional groups attached to an aromatic ring is 2. The molecule has 0 aliphatic heterocycles. The summed E-state index contributed by atoms with van der Waals surface area (Å²) in [5.41, 5.74) is 15.4. The Balaban J connectivity index is 1.28. The standard InChI is InChI=1S/C24H26N4O3/c1-15-13-21(25)27-17-5-3-7-19(23(15)17)30-11-9-29-10-12-31-20-8-4-6-18-24(20)16(2)14-22(26)28-18/h3-8,13-14H,9-12H2,1-2H3,(H2,25,27)(H2,26,28). The Morgan fingerprint density at radius 2 is 1.13 bits per heavy atom. The summed E-state index contributed by atoms with van der Waals surface area (Å²) < 4.78 is 17.5. The number of fused-ring (bicyclic) bond motifs is 2. The number of anilines is 2. The largest absolute Gasteiger partial charge is 0.490 e. The summed E-state index contributed by atoms with van der Waals surface area (Å²) in [5.74, 6) is 2.57. The van der Waals surface area contributed by atoms with Crippen molar-refractivity contribution in [3.05, 3.63) is 59.7 Å². The van der Waals surface area contributed by atoms with Crippen molar-refractivity contribution in [3.8, 4) is 11.5 Å². The Morgan fingerprint density at radius 3 is 1.58 bits per heavy atom. The molecule has 2 aromatic carbocycles. The van der Waals surface area contributed by atoms with Gasteiger partial charge >= 0.3 is 0 Å². The molecule has 0 aliphatic carbocycles. The quantitative estimate of drug-likeness (QED) is 0.416. The van der Waals surface area contributed by atoms with Crippen molar-refractivity contribution < 1.29 is 14.2 Å². The summed E-state index contributed by atoms with van der Waals surface area (Å²) in [6.07, 6.45) is 0. The summed E-state index contributed by atoms with van der Waals surface area (Å²) in [5, 5.41) is 1.95. The highest BCUT2D eigenvalue weighted by Gasteiger charge is 2.09. The lowest BCUT2D eigenvalue weighted by molar-refractivity contribution is 0.0771. The van der Waals surface area contributed by atoms with Crippen LogP contribution in [-0.4, -0.2) is 36.4 Å². The molecule has 0 saturated carbocycles. The number of aromatic nitrogens is 2. The van der Waals surface area contributed by atoms with Crippen LogP contribution in [0.3, 0.4) is 0 Å². The molecule has 0 fully saturated rings. The maximum atomic E-state index is 5.92. The smallest absolute Gasteiger partial charge is 0.129 e. The summed E-state index contributed by atoms with van der Waals surface area (Å²) in [4.78, 5) is 8.73. The van der Waals surface area contributed by atoms with E-state index in [1.165, 1.54) is 0 Å². The van der Waals surface area contributed by atoms with Crippen molar-refractivity contribution in [3.63, 3.8) is 0 Å². The van der Waals surface area contributed by atoms with Gasteiger partial charge in [-0.25, -0.2) is 9.97 Å². The Kier molecular flexibility index (Phi) is 6.04. The van der Waals surface area contributed by atoms with E-state index >= 15 is 0 Å². The van der Waals surface area contributed by atoms with Gasteiger partial charge in [0.1, 0.15) is 36.3 Å². The van der Waals surface area contributed by atoms with Crippen LogP contribution in [0.25, 0.3) is 21.8 Å². The van der Waals surface area contributed by atoms with E-state index in [1.807, 2.05) is 62.4 Å². The Bertz CT molecular complexity index is 1130. The highest BCUT2D eigenvalue weighted by atomic mass is 16.5. The number of benzene rings is 2. The Labute approximate surface area is 181 Å². The van der Waals surface area contributed by atoms with Crippen molar-refractivity contribution in [2.45, 2.75) is 13.8 Å². The van der Waals surface area contributed by atoms with E-state index in [-0.39, 0.29) is 0 Å². The first-order valence-corrected chi connectivity index (χ1v) is 10.2. The van der Waals surface area contributed by atoms with Crippen molar-refractivity contribution in [1.82, 2.24) is 9.97 Å². The summed E-state index contributed by atoms with van der Waals surface area (Å²) in [7, 11) is 0. The molecule has 2 aromatic heterocycles. The topological polar surface area (TPSA) is 106 Å². The van der Waals surface area contributed by atoms with Gasteiger partial charge in [-0.3, -0.25) is 0 Å². The van der Waals surface area contributed by atoms with E-state index in [4.69, 9.17) is 25.7 Å². The molecule has 0 radical (unpaired) electrons. The fourth-order valence-electron chi connectivity index (χ4n) is 3.71. The van der Waals surface area contributed by atoms with Crippen LogP contribution in [0.1, 0.15) is 11.1 Å². The van der Waals surface area contributed by atoms with Crippen LogP contribution in [0.15, 0.2) is 48.5 Å². The Hall–Kier alpha value is -3.58. The predicted octanol–water partition coefficient (Wildman–Crippen LogP) is 4.04. The van der Waals surface area contributed by atoms with Gasteiger partial charge in [-0.2, -0.15) is 0 Å². The molecule has 0 saturated heterocycles. The molecule has 0 amide bonds. The van der Waals surface area contributed by atoms with Crippen molar-refractivity contribution in [1.29, 1.82) is 0 Å². The van der Waals surface area contributed by atoms with Gasteiger partial charge in [0.2, 0.25) is 0 Å². The minimum atomic E-state index is 0.430. The molecule has 31 heavy (non-hydrogen) atoms. The van der Waals surface area contributed by atoms with Crippen molar-refractivity contribution in [2.75, 3.05) is 37.9 Å². The minimum Gasteiger partial charge on any atom is -0.490 e. The summed E-state index contributed by atoms with van der Waals surface area (Å²) in [6, 6.07) is 15.2. The SMILES string of the molecule is Cc1cc(N)nc2cccc(OCCOCCOc3cccc4nc(N)cc(C)c34)c12. The van der Waals surface area contributed by atoms with E-state index in [2.05, 4.69) is 9.97 Å². The third kappa shape index (κ3) is 4.62. The van der Waals surface area contributed by atoms with Crippen LogP contribution in [0.2, 0.25) is 0 Å². The van der Waals surface area contributed by atoms with Crippen LogP contribution < -0.4 is 20.9 Å². The molecule has 0 aliphatic rings. The number of rotatable bonds is 8. The maximum Gasteiger partial charge on any atom is 0.129 e. The molecule has 0 spiro atoms. The van der Waals surface area contributed by atoms with Crippen LogP contribution in [-0.2, 0) is 4.74 Å². The zero-order valence-electron chi connectivity index (χ0n) is 17.7. The molecule has 160 valence electrons. The van der Waals surface area contributed by atoms with Gasteiger partial charge in [-0.05, 0) is 61.4 Å². The van der Waals surface area contributed by atoms with E-state index in [9.17, 15) is 0 Å². The monoisotopic (exact) mass is 418 g/mol. The van der Waals surface area contributed by atoms with E-state index in [0.29, 0.717) is 38.1 Å². The zero-order valence-corrected chi connectivity index (χ0v) is 17.7. The molecule has 7 nitrogen and oxygen atoms in total. The third-order valence-electron chi connectivity index (χ3n) is 5.00. The molecule has 4 aromatic rings. The van der Waals surface area contributed by atoms with Gasteiger partial charge in [-0.15, -0.1) is 0 Å². The summed E-state index contributed by atoms with van der Waals surface area (Å²) in [6.45, 7) is 5.76. The number of hydrogen-bond acceptors (Lipinski definition) is 7. The average molecular weight is 418 g/mol. The average Bonchev–Trinajstić information content (AvgIpc) is 2.72. The van der Waals surface area contributed by atoms with Crippen LogP contribution in [0.4, 0.5) is 11.6 Å². The normalized spacial score (nSPS) is 11.2. The van der Waals surface area contributed by atoms with Gasteiger partial charge in [0, 0.05) is 10.8 Å². The van der Waals surface area contributed by atoms with Gasteiger partial charge in [0.15, 0.2) is 0 Å². The fraction of sp³-hybridized carbons (Fsp3) is 0.250. The van der Waals surface area contributed by atoms with Crippen molar-refractivity contribution >= 4 is 33.4 Å². The second kappa shape index (κ2) is 9.06. The number of pyridine rings is 2. The molecule has 0 atom stereocenters. The van der Waals surface area contributed by atoms with Gasteiger partial charge < -0.3 is 25.7 Å². The number of aryl methyl sites for hydroxylation is 2. The lowest BCUT2D eigenvalue weighted by atomic mass is 10.1. The number of hydrogen-bond donors (Lipinski definition) is 2. The minimum absolute atomic E-state index is 0.430. The molecule has 4 N–H and O–H groups in total. The molecule has 4 rings (SSSR count). The van der Waals surface area contributed by atoms with Gasteiger partial charge in [-0.1, -0.05) is 12.1 Å². The lowest BCUT2D eigenvalue weighted by Crippen LogP contribution is -2.12. The van der Waals surface area contributed by atoms with Crippen LogP contribution in [0.5, 0.6) is 11.5 Å². The first-order chi connectivity index (χ1) is 15.0. The van der Waals surface area contributed by atoms with Gasteiger partial charge in [0.25, 0.3) is 0 Å². The fourth-order valence-corrected chi connectivity index (χ4v) is 3.71. The lowest BCUT2D eigenvalue weighted by Gasteiger charge is -2.13. The predicted molar refractivity (Wildman–Crippen MR) is 124 cm³/mol. The number of ether oxygens (including phenoxy) is 3. The van der Waals surface area contributed by atoms with E-state index < -0.39 is 0 Å². The highest BCUT2D eigenvalue weighted by molar-refractivity contribution is 5.90. The first kappa shape index (κ1) is 20.7. The zero-order chi connectivity index (χ0) is 21.8. The van der Waals surface area contributed by atoms with E-state index in [1.54, 1.807) is 0 Å². The molecule has 7 heteroatoms.